The highest BCUT2D eigenvalue weighted by Gasteiger charge is 2.46. The summed E-state index contributed by atoms with van der Waals surface area (Å²) in [5.41, 5.74) is 0.401. The van der Waals surface area contributed by atoms with Crippen LogP contribution in [0.5, 0.6) is 0 Å². The first kappa shape index (κ1) is 19.5. The molecule has 4 nitrogen and oxygen atoms in total. The molecule has 3 atom stereocenters. The van der Waals surface area contributed by atoms with Crippen LogP contribution in [0.3, 0.4) is 0 Å². The summed E-state index contributed by atoms with van der Waals surface area (Å²) in [6.07, 6.45) is 4.73. The topological polar surface area (TPSA) is 66.4 Å². The molecule has 1 aliphatic rings. The summed E-state index contributed by atoms with van der Waals surface area (Å²) in [6, 6.07) is 9.94. The van der Waals surface area contributed by atoms with Crippen molar-refractivity contribution in [2.75, 3.05) is 0 Å². The van der Waals surface area contributed by atoms with E-state index in [-0.39, 0.29) is 17.9 Å². The van der Waals surface area contributed by atoms with Crippen LogP contribution >= 0.6 is 0 Å². The first-order valence-electron chi connectivity index (χ1n) is 9.40. The molecule has 0 bridgehead atoms. The number of hydrogen-bond donors (Lipinski definition) is 2. The number of carbonyl (C=O) groups excluding carboxylic acids is 1. The number of carboxylic acids is 1. The minimum atomic E-state index is -0.836. The smallest absolute Gasteiger partial charge is 0.311 e. The summed E-state index contributed by atoms with van der Waals surface area (Å²) in [7, 11) is 0. The van der Waals surface area contributed by atoms with Crippen LogP contribution in [0, 0.1) is 17.3 Å². The molecular weight excluding hydrogens is 314 g/mol. The minimum Gasteiger partial charge on any atom is -0.481 e. The maximum absolute atomic E-state index is 12.9. The molecule has 1 saturated carbocycles. The van der Waals surface area contributed by atoms with Gasteiger partial charge in [-0.3, -0.25) is 9.59 Å². The molecule has 0 spiro atoms. The first-order chi connectivity index (χ1) is 11.8. The lowest BCUT2D eigenvalue weighted by Gasteiger charge is -2.29. The molecule has 1 amide bonds. The number of aryl methyl sites for hydroxylation is 1. The standard InChI is InChI=1S/C21H31NO3/c1-15(2)14-17(12-11-16-8-5-4-6-9-16)19(23)22-18-10-7-13-21(18,3)20(24)25/h4-6,8-9,15,17-18H,7,10-14H2,1-3H3,(H,22,23)(H,24,25). The maximum Gasteiger partial charge on any atom is 0.311 e. The van der Waals surface area contributed by atoms with E-state index in [9.17, 15) is 14.7 Å². The van der Waals surface area contributed by atoms with Crippen molar-refractivity contribution in [3.05, 3.63) is 35.9 Å². The summed E-state index contributed by atoms with van der Waals surface area (Å²) in [4.78, 5) is 24.5. The zero-order valence-electron chi connectivity index (χ0n) is 15.6. The van der Waals surface area contributed by atoms with Crippen LogP contribution in [0.2, 0.25) is 0 Å². The monoisotopic (exact) mass is 345 g/mol. The van der Waals surface area contributed by atoms with Crippen molar-refractivity contribution in [2.24, 2.45) is 17.3 Å². The molecule has 0 saturated heterocycles. The second-order valence-corrected chi connectivity index (χ2v) is 8.03. The molecular formula is C21H31NO3. The van der Waals surface area contributed by atoms with Crippen molar-refractivity contribution in [1.29, 1.82) is 0 Å². The van der Waals surface area contributed by atoms with Crippen molar-refractivity contribution in [3.63, 3.8) is 0 Å². The highest BCUT2D eigenvalue weighted by atomic mass is 16.4. The third-order valence-corrected chi connectivity index (χ3v) is 5.51. The van der Waals surface area contributed by atoms with Gasteiger partial charge in [-0.05, 0) is 50.5 Å². The van der Waals surface area contributed by atoms with Crippen LogP contribution in [0.25, 0.3) is 0 Å². The highest BCUT2D eigenvalue weighted by molar-refractivity contribution is 5.81. The second kappa shape index (κ2) is 8.50. The molecule has 1 aromatic carbocycles. The van der Waals surface area contributed by atoms with Crippen molar-refractivity contribution in [3.8, 4) is 0 Å². The first-order valence-corrected chi connectivity index (χ1v) is 9.40. The Hall–Kier alpha value is -1.84. The molecule has 1 fully saturated rings. The van der Waals surface area contributed by atoms with Gasteiger partial charge in [0.15, 0.2) is 0 Å². The van der Waals surface area contributed by atoms with Gasteiger partial charge in [-0.15, -0.1) is 0 Å². The molecule has 0 aliphatic heterocycles. The van der Waals surface area contributed by atoms with Crippen LogP contribution in [-0.4, -0.2) is 23.0 Å². The molecule has 25 heavy (non-hydrogen) atoms. The van der Waals surface area contributed by atoms with Gasteiger partial charge in [0.2, 0.25) is 5.91 Å². The van der Waals surface area contributed by atoms with Gasteiger partial charge in [0, 0.05) is 12.0 Å². The van der Waals surface area contributed by atoms with E-state index in [0.717, 1.165) is 32.1 Å². The van der Waals surface area contributed by atoms with Crippen molar-refractivity contribution in [2.45, 2.75) is 65.3 Å². The molecule has 4 heteroatoms. The molecule has 2 N–H and O–H groups in total. The lowest BCUT2D eigenvalue weighted by atomic mass is 9.84. The summed E-state index contributed by atoms with van der Waals surface area (Å²) in [5.74, 6) is -0.427. The number of amides is 1. The lowest BCUT2D eigenvalue weighted by molar-refractivity contribution is -0.149. The molecule has 1 aliphatic carbocycles. The Morgan fingerprint density at radius 1 is 1.28 bits per heavy atom. The van der Waals surface area contributed by atoms with E-state index in [1.54, 1.807) is 6.92 Å². The van der Waals surface area contributed by atoms with Crippen LogP contribution in [-0.2, 0) is 16.0 Å². The zero-order chi connectivity index (χ0) is 18.4. The molecule has 3 unspecified atom stereocenters. The second-order valence-electron chi connectivity index (χ2n) is 8.03. The van der Waals surface area contributed by atoms with E-state index in [1.807, 2.05) is 18.2 Å². The van der Waals surface area contributed by atoms with E-state index < -0.39 is 11.4 Å². The fraction of sp³-hybridized carbons (Fsp3) is 0.619. The van der Waals surface area contributed by atoms with Gasteiger partial charge in [-0.25, -0.2) is 0 Å². The zero-order valence-corrected chi connectivity index (χ0v) is 15.6. The van der Waals surface area contributed by atoms with E-state index in [1.165, 1.54) is 5.56 Å². The van der Waals surface area contributed by atoms with Crippen molar-refractivity contribution < 1.29 is 14.7 Å². The van der Waals surface area contributed by atoms with E-state index >= 15 is 0 Å². The lowest BCUT2D eigenvalue weighted by Crippen LogP contribution is -2.49. The fourth-order valence-electron chi connectivity index (χ4n) is 3.85. The number of benzene rings is 1. The molecule has 1 aromatic rings. The maximum atomic E-state index is 12.9. The number of carboxylic acid groups (broad SMARTS) is 1. The van der Waals surface area contributed by atoms with E-state index in [0.29, 0.717) is 12.3 Å². The summed E-state index contributed by atoms with van der Waals surface area (Å²) in [5, 5.41) is 12.6. The minimum absolute atomic E-state index is 0.0176. The summed E-state index contributed by atoms with van der Waals surface area (Å²) in [6.45, 7) is 6.01. The van der Waals surface area contributed by atoms with Gasteiger partial charge in [-0.1, -0.05) is 50.6 Å². The van der Waals surface area contributed by atoms with Gasteiger partial charge < -0.3 is 10.4 Å². The molecule has 0 heterocycles. The predicted octanol–water partition coefficient (Wildman–Crippen LogP) is 4.04. The van der Waals surface area contributed by atoms with Crippen molar-refractivity contribution in [1.82, 2.24) is 5.32 Å². The Morgan fingerprint density at radius 3 is 2.56 bits per heavy atom. The molecule has 2 rings (SSSR count). The largest absolute Gasteiger partial charge is 0.481 e. The van der Waals surface area contributed by atoms with Crippen molar-refractivity contribution >= 4 is 11.9 Å². The van der Waals surface area contributed by atoms with Gasteiger partial charge in [0.05, 0.1) is 5.41 Å². The number of nitrogens with one attached hydrogen (secondary N) is 1. The van der Waals surface area contributed by atoms with Crippen LogP contribution in [0.15, 0.2) is 30.3 Å². The van der Waals surface area contributed by atoms with Crippen LogP contribution in [0.4, 0.5) is 0 Å². The number of rotatable bonds is 8. The predicted molar refractivity (Wildman–Crippen MR) is 99.2 cm³/mol. The van der Waals surface area contributed by atoms with Gasteiger partial charge in [0.25, 0.3) is 0 Å². The fourth-order valence-corrected chi connectivity index (χ4v) is 3.85. The third-order valence-electron chi connectivity index (χ3n) is 5.51. The Balaban J connectivity index is 2.01. The summed E-state index contributed by atoms with van der Waals surface area (Å²) < 4.78 is 0. The Bertz CT molecular complexity index is 584. The van der Waals surface area contributed by atoms with E-state index in [2.05, 4.69) is 31.3 Å². The van der Waals surface area contributed by atoms with Gasteiger partial charge in [0.1, 0.15) is 0 Å². The highest BCUT2D eigenvalue weighted by Crippen LogP contribution is 2.38. The van der Waals surface area contributed by atoms with Crippen LogP contribution < -0.4 is 5.32 Å². The summed E-state index contributed by atoms with van der Waals surface area (Å²) >= 11 is 0. The average molecular weight is 345 g/mol. The molecule has 0 aromatic heterocycles. The molecule has 138 valence electrons. The van der Waals surface area contributed by atoms with Crippen LogP contribution in [0.1, 0.15) is 58.4 Å². The third kappa shape index (κ3) is 5.07. The average Bonchev–Trinajstić information content (AvgIpc) is 2.94. The SMILES string of the molecule is CC(C)CC(CCc1ccccc1)C(=O)NC1CCCC1(C)C(=O)O. The Morgan fingerprint density at radius 2 is 1.96 bits per heavy atom. The molecule has 0 radical (unpaired) electrons. The normalized spacial score (nSPS) is 24.2. The number of carbonyl (C=O) groups is 2. The quantitative estimate of drug-likeness (QED) is 0.747. The van der Waals surface area contributed by atoms with E-state index in [4.69, 9.17) is 0 Å². The Kier molecular flexibility index (Phi) is 6.63. The number of hydrogen-bond acceptors (Lipinski definition) is 2. The Labute approximate surface area is 151 Å². The van der Waals surface area contributed by atoms with Gasteiger partial charge in [-0.2, -0.15) is 0 Å². The van der Waals surface area contributed by atoms with Gasteiger partial charge >= 0.3 is 5.97 Å². The number of aliphatic carboxylic acids is 1.